The lowest BCUT2D eigenvalue weighted by molar-refractivity contribution is -0.135. The van der Waals surface area contributed by atoms with E-state index >= 15 is 0 Å². The van der Waals surface area contributed by atoms with Gasteiger partial charge in [-0.2, -0.15) is 0 Å². The third-order valence-electron chi connectivity index (χ3n) is 4.22. The standard InChI is InChI=1S/C14H27N3O/c1-2-15-11-12-6-9-17(10-7-12)14(18)13-5-3-4-8-16-13/h12-13,15-16H,2-11H2,1H3. The van der Waals surface area contributed by atoms with Gasteiger partial charge in [0.1, 0.15) is 0 Å². The van der Waals surface area contributed by atoms with Crippen LogP contribution < -0.4 is 10.6 Å². The van der Waals surface area contributed by atoms with E-state index < -0.39 is 0 Å². The summed E-state index contributed by atoms with van der Waals surface area (Å²) in [6.45, 7) is 7.21. The molecule has 4 nitrogen and oxygen atoms in total. The molecule has 0 aliphatic carbocycles. The molecule has 2 fully saturated rings. The van der Waals surface area contributed by atoms with Gasteiger partial charge >= 0.3 is 0 Å². The molecule has 4 heteroatoms. The second-order valence-corrected chi connectivity index (χ2v) is 5.58. The molecule has 104 valence electrons. The third-order valence-corrected chi connectivity index (χ3v) is 4.22. The second-order valence-electron chi connectivity index (χ2n) is 5.58. The maximum absolute atomic E-state index is 12.3. The Kier molecular flexibility index (Phi) is 5.45. The fraction of sp³-hybridized carbons (Fsp3) is 0.929. The topological polar surface area (TPSA) is 44.4 Å². The van der Waals surface area contributed by atoms with Gasteiger partial charge in [-0.15, -0.1) is 0 Å². The molecule has 2 heterocycles. The summed E-state index contributed by atoms with van der Waals surface area (Å²) in [5.41, 5.74) is 0. The zero-order valence-corrected chi connectivity index (χ0v) is 11.6. The maximum Gasteiger partial charge on any atom is 0.239 e. The highest BCUT2D eigenvalue weighted by Crippen LogP contribution is 2.18. The fourth-order valence-electron chi connectivity index (χ4n) is 2.99. The molecule has 1 amide bonds. The van der Waals surface area contributed by atoms with Gasteiger partial charge in [0.05, 0.1) is 6.04 Å². The molecule has 0 aromatic carbocycles. The van der Waals surface area contributed by atoms with Crippen molar-refractivity contribution in [2.45, 2.75) is 45.1 Å². The second kappa shape index (κ2) is 7.10. The number of piperidine rings is 2. The molecule has 2 N–H and O–H groups in total. The van der Waals surface area contributed by atoms with Crippen molar-refractivity contribution in [1.82, 2.24) is 15.5 Å². The van der Waals surface area contributed by atoms with E-state index in [2.05, 4.69) is 22.5 Å². The van der Waals surface area contributed by atoms with Crippen LogP contribution in [-0.4, -0.2) is 49.6 Å². The van der Waals surface area contributed by atoms with Crippen LogP contribution in [0.25, 0.3) is 0 Å². The van der Waals surface area contributed by atoms with E-state index in [1.807, 2.05) is 0 Å². The summed E-state index contributed by atoms with van der Waals surface area (Å²) in [5, 5.41) is 6.77. The molecule has 0 radical (unpaired) electrons. The first-order valence-electron chi connectivity index (χ1n) is 7.54. The Labute approximate surface area is 110 Å². The van der Waals surface area contributed by atoms with Crippen molar-refractivity contribution in [2.75, 3.05) is 32.7 Å². The van der Waals surface area contributed by atoms with Crippen LogP contribution in [0.1, 0.15) is 39.0 Å². The minimum Gasteiger partial charge on any atom is -0.341 e. The monoisotopic (exact) mass is 253 g/mol. The first kappa shape index (κ1) is 13.8. The first-order chi connectivity index (χ1) is 8.81. The molecule has 2 saturated heterocycles. The molecular weight excluding hydrogens is 226 g/mol. The molecule has 0 saturated carbocycles. The van der Waals surface area contributed by atoms with E-state index in [9.17, 15) is 4.79 Å². The van der Waals surface area contributed by atoms with Crippen LogP contribution in [0, 0.1) is 5.92 Å². The molecule has 0 aromatic heterocycles. The number of rotatable bonds is 4. The molecule has 1 atom stereocenters. The number of nitrogens with one attached hydrogen (secondary N) is 2. The van der Waals surface area contributed by atoms with Gasteiger partial charge in [-0.1, -0.05) is 13.3 Å². The van der Waals surface area contributed by atoms with Crippen molar-refractivity contribution < 1.29 is 4.79 Å². The van der Waals surface area contributed by atoms with Crippen LogP contribution in [0.15, 0.2) is 0 Å². The predicted octanol–water partition coefficient (Wildman–Crippen LogP) is 0.977. The Hall–Kier alpha value is -0.610. The van der Waals surface area contributed by atoms with Gasteiger partial charge in [-0.05, 0) is 51.2 Å². The van der Waals surface area contributed by atoms with Crippen molar-refractivity contribution in [2.24, 2.45) is 5.92 Å². The summed E-state index contributed by atoms with van der Waals surface area (Å²) >= 11 is 0. The predicted molar refractivity (Wildman–Crippen MR) is 73.5 cm³/mol. The van der Waals surface area contributed by atoms with E-state index in [1.54, 1.807) is 0 Å². The summed E-state index contributed by atoms with van der Waals surface area (Å²) in [5.74, 6) is 1.10. The Morgan fingerprint density at radius 3 is 2.67 bits per heavy atom. The summed E-state index contributed by atoms with van der Waals surface area (Å²) in [4.78, 5) is 14.4. The van der Waals surface area contributed by atoms with E-state index in [0.717, 1.165) is 57.9 Å². The van der Waals surface area contributed by atoms with E-state index in [4.69, 9.17) is 0 Å². The van der Waals surface area contributed by atoms with Gasteiger partial charge in [0, 0.05) is 13.1 Å². The van der Waals surface area contributed by atoms with Crippen LogP contribution in [0.3, 0.4) is 0 Å². The van der Waals surface area contributed by atoms with Gasteiger partial charge < -0.3 is 15.5 Å². The summed E-state index contributed by atoms with van der Waals surface area (Å²) in [7, 11) is 0. The molecule has 0 aromatic rings. The molecule has 0 spiro atoms. The summed E-state index contributed by atoms with van der Waals surface area (Å²) in [6, 6.07) is 0.101. The van der Waals surface area contributed by atoms with Crippen LogP contribution in [0.2, 0.25) is 0 Å². The maximum atomic E-state index is 12.3. The third kappa shape index (κ3) is 3.69. The molecule has 1 unspecified atom stereocenters. The highest BCUT2D eigenvalue weighted by molar-refractivity contribution is 5.82. The average Bonchev–Trinajstić information content (AvgIpc) is 2.46. The normalized spacial score (nSPS) is 26.3. The molecule has 2 aliphatic rings. The van der Waals surface area contributed by atoms with Crippen LogP contribution in [-0.2, 0) is 4.79 Å². The van der Waals surface area contributed by atoms with Crippen LogP contribution in [0.4, 0.5) is 0 Å². The van der Waals surface area contributed by atoms with Crippen molar-refractivity contribution in [3.63, 3.8) is 0 Å². The summed E-state index contributed by atoms with van der Waals surface area (Å²) < 4.78 is 0. The van der Waals surface area contributed by atoms with E-state index in [-0.39, 0.29) is 6.04 Å². The number of nitrogens with zero attached hydrogens (tertiary/aromatic N) is 1. The molecule has 2 aliphatic heterocycles. The van der Waals surface area contributed by atoms with Gasteiger partial charge in [-0.25, -0.2) is 0 Å². The SMILES string of the molecule is CCNCC1CCN(C(=O)C2CCCCN2)CC1. The number of hydrogen-bond donors (Lipinski definition) is 2. The average molecular weight is 253 g/mol. The minimum atomic E-state index is 0.101. The molecule has 2 rings (SSSR count). The van der Waals surface area contributed by atoms with Crippen molar-refractivity contribution >= 4 is 5.91 Å². The Morgan fingerprint density at radius 2 is 2.06 bits per heavy atom. The number of amides is 1. The number of carbonyl (C=O) groups is 1. The van der Waals surface area contributed by atoms with Gasteiger partial charge in [0.15, 0.2) is 0 Å². The lowest BCUT2D eigenvalue weighted by atomic mass is 9.95. The smallest absolute Gasteiger partial charge is 0.239 e. The fourth-order valence-corrected chi connectivity index (χ4v) is 2.99. The Bertz CT molecular complexity index is 256. The first-order valence-corrected chi connectivity index (χ1v) is 7.54. The largest absolute Gasteiger partial charge is 0.341 e. The Balaban J connectivity index is 1.73. The highest BCUT2D eigenvalue weighted by atomic mass is 16.2. The quantitative estimate of drug-likeness (QED) is 0.785. The van der Waals surface area contributed by atoms with Crippen LogP contribution in [0.5, 0.6) is 0 Å². The van der Waals surface area contributed by atoms with E-state index in [1.165, 1.54) is 12.8 Å². The van der Waals surface area contributed by atoms with Gasteiger partial charge in [-0.3, -0.25) is 4.79 Å². The number of likely N-dealkylation sites (tertiary alicyclic amines) is 1. The zero-order chi connectivity index (χ0) is 12.8. The summed E-state index contributed by atoms with van der Waals surface area (Å²) in [6.07, 6.45) is 5.75. The molecule has 18 heavy (non-hydrogen) atoms. The highest BCUT2D eigenvalue weighted by Gasteiger charge is 2.28. The van der Waals surface area contributed by atoms with Crippen LogP contribution >= 0.6 is 0 Å². The number of carbonyl (C=O) groups excluding carboxylic acids is 1. The minimum absolute atomic E-state index is 0.101. The number of hydrogen-bond acceptors (Lipinski definition) is 3. The van der Waals surface area contributed by atoms with Crippen molar-refractivity contribution in [3.8, 4) is 0 Å². The van der Waals surface area contributed by atoms with Crippen molar-refractivity contribution in [3.05, 3.63) is 0 Å². The van der Waals surface area contributed by atoms with Gasteiger partial charge in [0.2, 0.25) is 5.91 Å². The molecule has 0 bridgehead atoms. The Morgan fingerprint density at radius 1 is 1.28 bits per heavy atom. The lowest BCUT2D eigenvalue weighted by Crippen LogP contribution is -2.51. The molecular formula is C14H27N3O. The zero-order valence-electron chi connectivity index (χ0n) is 11.6. The lowest BCUT2D eigenvalue weighted by Gasteiger charge is -2.35. The van der Waals surface area contributed by atoms with E-state index in [0.29, 0.717) is 5.91 Å². The van der Waals surface area contributed by atoms with Gasteiger partial charge in [0.25, 0.3) is 0 Å². The van der Waals surface area contributed by atoms with Crippen molar-refractivity contribution in [1.29, 1.82) is 0 Å².